The number of esters is 1. The van der Waals surface area contributed by atoms with Gasteiger partial charge in [-0.2, -0.15) is 0 Å². The van der Waals surface area contributed by atoms with Gasteiger partial charge in [-0.3, -0.25) is 0 Å². The molecule has 0 fully saturated rings. The largest absolute Gasteiger partial charge is 0.461 e. The Bertz CT molecular complexity index is 660. The van der Waals surface area contributed by atoms with Crippen LogP contribution in [0.5, 0.6) is 0 Å². The summed E-state index contributed by atoms with van der Waals surface area (Å²) >= 11 is 6.31. The molecule has 0 radical (unpaired) electrons. The number of aryl methyl sites for hydroxylation is 2. The van der Waals surface area contributed by atoms with Crippen LogP contribution in [0.2, 0.25) is 5.02 Å². The minimum absolute atomic E-state index is 0.258. The zero-order valence-corrected chi connectivity index (χ0v) is 12.4. The van der Waals surface area contributed by atoms with Crippen LogP contribution >= 0.6 is 11.6 Å². The monoisotopic (exact) mass is 291 g/mol. The summed E-state index contributed by atoms with van der Waals surface area (Å²) in [6, 6.07) is 5.89. The van der Waals surface area contributed by atoms with Crippen LogP contribution in [-0.2, 0) is 17.7 Å². The van der Waals surface area contributed by atoms with Crippen molar-refractivity contribution in [3.63, 3.8) is 0 Å². The standard InChI is InChI=1S/C16H18ClNO2/c1-2-20-16(19)14-10-12-13(17)8-7-11-6-4-3-5-9-18(14)15(11)12/h7-8,10H,2-6,9H2,1H3. The lowest BCUT2D eigenvalue weighted by atomic mass is 10.0. The topological polar surface area (TPSA) is 31.2 Å². The first-order valence-corrected chi connectivity index (χ1v) is 7.58. The first-order valence-electron chi connectivity index (χ1n) is 7.20. The second-order valence-electron chi connectivity index (χ2n) is 5.18. The molecule has 1 aromatic carbocycles. The van der Waals surface area contributed by atoms with Crippen LogP contribution in [-0.4, -0.2) is 17.1 Å². The Morgan fingerprint density at radius 2 is 2.20 bits per heavy atom. The SMILES string of the molecule is CCOC(=O)c1cc2c(Cl)ccc3c2n1CCCCC3. The van der Waals surface area contributed by atoms with E-state index in [9.17, 15) is 4.79 Å². The fraction of sp³-hybridized carbons (Fsp3) is 0.438. The van der Waals surface area contributed by atoms with Crippen LogP contribution < -0.4 is 0 Å². The van der Waals surface area contributed by atoms with E-state index in [0.717, 1.165) is 30.3 Å². The van der Waals surface area contributed by atoms with E-state index in [2.05, 4.69) is 10.6 Å². The summed E-state index contributed by atoms with van der Waals surface area (Å²) in [6.45, 7) is 3.07. The summed E-state index contributed by atoms with van der Waals surface area (Å²) in [5.41, 5.74) is 3.01. The number of hydrogen-bond acceptors (Lipinski definition) is 2. The van der Waals surface area contributed by atoms with Crippen molar-refractivity contribution in [1.82, 2.24) is 4.57 Å². The number of carbonyl (C=O) groups is 1. The zero-order valence-electron chi connectivity index (χ0n) is 11.6. The Morgan fingerprint density at radius 3 is 3.00 bits per heavy atom. The predicted octanol–water partition coefficient (Wildman–Crippen LogP) is 4.20. The van der Waals surface area contributed by atoms with Crippen LogP contribution in [0.1, 0.15) is 42.2 Å². The summed E-state index contributed by atoms with van der Waals surface area (Å²) in [6.07, 6.45) is 4.50. The van der Waals surface area contributed by atoms with Gasteiger partial charge < -0.3 is 9.30 Å². The van der Waals surface area contributed by atoms with E-state index in [1.54, 1.807) is 0 Å². The quantitative estimate of drug-likeness (QED) is 0.777. The predicted molar refractivity (Wildman–Crippen MR) is 80.5 cm³/mol. The third-order valence-corrected chi connectivity index (χ3v) is 4.23. The van der Waals surface area contributed by atoms with Gasteiger partial charge in [0.25, 0.3) is 0 Å². The fourth-order valence-corrected chi connectivity index (χ4v) is 3.20. The molecule has 3 nitrogen and oxygen atoms in total. The minimum Gasteiger partial charge on any atom is -0.461 e. The fourth-order valence-electron chi connectivity index (χ4n) is 2.99. The van der Waals surface area contributed by atoms with E-state index >= 15 is 0 Å². The van der Waals surface area contributed by atoms with Gasteiger partial charge in [-0.05, 0) is 43.9 Å². The number of rotatable bonds is 2. The summed E-state index contributed by atoms with van der Waals surface area (Å²) < 4.78 is 7.26. The summed E-state index contributed by atoms with van der Waals surface area (Å²) in [5, 5.41) is 1.67. The maximum atomic E-state index is 12.2. The smallest absolute Gasteiger partial charge is 0.354 e. The summed E-state index contributed by atoms with van der Waals surface area (Å²) in [4.78, 5) is 12.2. The lowest BCUT2D eigenvalue weighted by Gasteiger charge is -2.16. The molecule has 0 unspecified atom stereocenters. The normalized spacial score (nSPS) is 14.9. The van der Waals surface area contributed by atoms with Crippen LogP contribution in [0.4, 0.5) is 0 Å². The molecule has 0 bridgehead atoms. The highest BCUT2D eigenvalue weighted by Crippen LogP contribution is 2.32. The molecular weight excluding hydrogens is 274 g/mol. The highest BCUT2D eigenvalue weighted by atomic mass is 35.5. The molecule has 0 amide bonds. The molecule has 4 heteroatoms. The van der Waals surface area contributed by atoms with E-state index in [1.165, 1.54) is 18.4 Å². The average molecular weight is 292 g/mol. The molecule has 0 spiro atoms. The zero-order chi connectivity index (χ0) is 14.1. The second kappa shape index (κ2) is 5.49. The van der Waals surface area contributed by atoms with Crippen molar-refractivity contribution in [3.05, 3.63) is 34.5 Å². The van der Waals surface area contributed by atoms with Gasteiger partial charge in [0.2, 0.25) is 0 Å². The third kappa shape index (κ3) is 2.20. The van der Waals surface area contributed by atoms with Crippen molar-refractivity contribution in [2.24, 2.45) is 0 Å². The molecule has 0 saturated carbocycles. The highest BCUT2D eigenvalue weighted by Gasteiger charge is 2.21. The van der Waals surface area contributed by atoms with Gasteiger partial charge in [-0.15, -0.1) is 0 Å². The molecule has 2 aromatic rings. The lowest BCUT2D eigenvalue weighted by Crippen LogP contribution is -2.13. The van der Waals surface area contributed by atoms with Gasteiger partial charge in [-0.25, -0.2) is 4.79 Å². The van der Waals surface area contributed by atoms with Crippen molar-refractivity contribution in [2.75, 3.05) is 6.61 Å². The molecule has 0 saturated heterocycles. The maximum absolute atomic E-state index is 12.2. The van der Waals surface area contributed by atoms with Crippen LogP contribution in [0.25, 0.3) is 10.9 Å². The number of ether oxygens (including phenoxy) is 1. The van der Waals surface area contributed by atoms with Gasteiger partial charge >= 0.3 is 5.97 Å². The molecule has 0 atom stereocenters. The van der Waals surface area contributed by atoms with E-state index in [0.29, 0.717) is 17.3 Å². The molecule has 106 valence electrons. The van der Waals surface area contributed by atoms with E-state index in [-0.39, 0.29) is 5.97 Å². The molecule has 1 aliphatic heterocycles. The Hall–Kier alpha value is -1.48. The van der Waals surface area contributed by atoms with Crippen molar-refractivity contribution in [1.29, 1.82) is 0 Å². The maximum Gasteiger partial charge on any atom is 0.354 e. The van der Waals surface area contributed by atoms with Gasteiger partial charge in [0.1, 0.15) is 5.69 Å². The van der Waals surface area contributed by atoms with Crippen molar-refractivity contribution in [2.45, 2.75) is 39.2 Å². The van der Waals surface area contributed by atoms with Crippen LogP contribution in [0, 0.1) is 0 Å². The van der Waals surface area contributed by atoms with Gasteiger partial charge in [0, 0.05) is 17.0 Å². The number of aromatic nitrogens is 1. The number of nitrogens with zero attached hydrogens (tertiary/aromatic N) is 1. The Morgan fingerprint density at radius 1 is 1.35 bits per heavy atom. The van der Waals surface area contributed by atoms with E-state index in [1.807, 2.05) is 19.1 Å². The number of carbonyl (C=O) groups excluding carboxylic acids is 1. The number of hydrogen-bond donors (Lipinski definition) is 0. The first-order chi connectivity index (χ1) is 9.72. The Labute approximate surface area is 123 Å². The summed E-state index contributed by atoms with van der Waals surface area (Å²) in [5.74, 6) is -0.258. The molecule has 2 heterocycles. The second-order valence-corrected chi connectivity index (χ2v) is 5.59. The average Bonchev–Trinajstić information content (AvgIpc) is 2.78. The molecule has 3 rings (SSSR count). The number of benzene rings is 1. The van der Waals surface area contributed by atoms with Gasteiger partial charge in [0.15, 0.2) is 0 Å². The highest BCUT2D eigenvalue weighted by molar-refractivity contribution is 6.35. The minimum atomic E-state index is -0.258. The molecule has 0 aliphatic carbocycles. The molecule has 1 aliphatic rings. The van der Waals surface area contributed by atoms with Crippen molar-refractivity contribution < 1.29 is 9.53 Å². The molecule has 1 aromatic heterocycles. The van der Waals surface area contributed by atoms with Crippen molar-refractivity contribution in [3.8, 4) is 0 Å². The first kappa shape index (κ1) is 13.5. The third-order valence-electron chi connectivity index (χ3n) is 3.90. The molecule has 20 heavy (non-hydrogen) atoms. The van der Waals surface area contributed by atoms with Gasteiger partial charge in [-0.1, -0.05) is 24.1 Å². The Balaban J connectivity index is 2.24. The van der Waals surface area contributed by atoms with E-state index < -0.39 is 0 Å². The van der Waals surface area contributed by atoms with Gasteiger partial charge in [0.05, 0.1) is 12.1 Å². The number of halogens is 1. The molecular formula is C16H18ClNO2. The van der Waals surface area contributed by atoms with Crippen molar-refractivity contribution >= 4 is 28.5 Å². The van der Waals surface area contributed by atoms with Crippen LogP contribution in [0.15, 0.2) is 18.2 Å². The summed E-state index contributed by atoms with van der Waals surface area (Å²) in [7, 11) is 0. The lowest BCUT2D eigenvalue weighted by molar-refractivity contribution is 0.0514. The Kier molecular flexibility index (Phi) is 3.70. The van der Waals surface area contributed by atoms with Crippen LogP contribution in [0.3, 0.4) is 0 Å². The molecule has 0 N–H and O–H groups in total. The van der Waals surface area contributed by atoms with E-state index in [4.69, 9.17) is 16.3 Å².